The Kier molecular flexibility index (Phi) is 4.18. The predicted octanol–water partition coefficient (Wildman–Crippen LogP) is 2.47. The molecule has 2 unspecified atom stereocenters. The predicted molar refractivity (Wildman–Crippen MR) is 103 cm³/mol. The van der Waals surface area contributed by atoms with Crippen LogP contribution in [0.2, 0.25) is 0 Å². The first-order chi connectivity index (χ1) is 14.4. The molecule has 2 aromatic carbocycles. The van der Waals surface area contributed by atoms with Crippen molar-refractivity contribution >= 4 is 35.5 Å². The summed E-state index contributed by atoms with van der Waals surface area (Å²) in [4.78, 5) is 56.4. The lowest BCUT2D eigenvalue weighted by molar-refractivity contribution is -0.175. The van der Waals surface area contributed by atoms with Crippen molar-refractivity contribution in [1.29, 1.82) is 0 Å². The van der Waals surface area contributed by atoms with Crippen molar-refractivity contribution in [2.45, 2.75) is 23.8 Å². The Hall–Kier alpha value is -3.20. The summed E-state index contributed by atoms with van der Waals surface area (Å²) in [6.07, 6.45) is 0.708. The van der Waals surface area contributed by atoms with Gasteiger partial charge in [-0.25, -0.2) is 9.18 Å². The molecule has 3 amide bonds. The zero-order valence-electron chi connectivity index (χ0n) is 15.5. The van der Waals surface area contributed by atoms with E-state index in [1.54, 1.807) is 24.3 Å². The number of carbonyl (C=O) groups is 4. The van der Waals surface area contributed by atoms with Gasteiger partial charge >= 0.3 is 5.97 Å². The van der Waals surface area contributed by atoms with Gasteiger partial charge in [0.15, 0.2) is 0 Å². The van der Waals surface area contributed by atoms with Crippen LogP contribution in [-0.2, 0) is 19.3 Å². The molecule has 2 saturated heterocycles. The maximum Gasteiger partial charge on any atom is 0.356 e. The second-order valence-corrected chi connectivity index (χ2v) is 8.54. The van der Waals surface area contributed by atoms with Crippen LogP contribution in [0.3, 0.4) is 0 Å². The van der Waals surface area contributed by atoms with E-state index in [2.05, 4.69) is 0 Å². The van der Waals surface area contributed by atoms with E-state index >= 15 is 0 Å². The van der Waals surface area contributed by atoms with Crippen LogP contribution in [0.15, 0.2) is 48.5 Å². The molecule has 0 bridgehead atoms. The Bertz CT molecular complexity index is 1070. The Morgan fingerprint density at radius 2 is 1.67 bits per heavy atom. The fraction of sp³-hybridized carbons (Fsp3) is 0.238. The summed E-state index contributed by atoms with van der Waals surface area (Å²) in [5, 5.41) is 0.454. The number of imide groups is 1. The largest absolute Gasteiger partial charge is 0.356 e. The Morgan fingerprint density at radius 3 is 2.30 bits per heavy atom. The molecule has 0 N–H and O–H groups in total. The minimum Gasteiger partial charge on any atom is -0.327 e. The summed E-state index contributed by atoms with van der Waals surface area (Å²) in [6.45, 7) is 0. The molecule has 30 heavy (non-hydrogen) atoms. The van der Waals surface area contributed by atoms with Crippen LogP contribution < -0.4 is 0 Å². The number of nitrogens with zero attached hydrogens (tertiary/aromatic N) is 2. The Balaban J connectivity index is 1.41. The van der Waals surface area contributed by atoms with Crippen molar-refractivity contribution in [2.24, 2.45) is 0 Å². The first-order valence-corrected chi connectivity index (χ1v) is 10.3. The smallest absolute Gasteiger partial charge is 0.327 e. The number of hydrogen-bond acceptors (Lipinski definition) is 6. The molecule has 2 aromatic rings. The SMILES string of the molecule is O=C(ON1C(=O)c2ccccc2C1=O)C1CSC2(c3ccc(F)cc3)CCC(=O)N12. The number of hydrogen-bond donors (Lipinski definition) is 0. The van der Waals surface area contributed by atoms with Gasteiger partial charge in [0, 0.05) is 12.2 Å². The molecule has 0 aliphatic carbocycles. The van der Waals surface area contributed by atoms with E-state index in [1.807, 2.05) is 0 Å². The molecule has 9 heteroatoms. The first-order valence-electron chi connectivity index (χ1n) is 9.34. The third-order valence-electron chi connectivity index (χ3n) is 5.63. The lowest BCUT2D eigenvalue weighted by Crippen LogP contribution is -2.48. The average molecular weight is 426 g/mol. The summed E-state index contributed by atoms with van der Waals surface area (Å²) in [7, 11) is 0. The molecular weight excluding hydrogens is 411 g/mol. The van der Waals surface area contributed by atoms with Crippen molar-refractivity contribution in [1.82, 2.24) is 9.96 Å². The standard InChI is InChI=1S/C21H15FN2O5S/c22-13-7-5-12(6-8-13)21-10-9-17(25)23(21)16(11-30-21)20(28)29-24-18(26)14-3-1-2-4-15(14)19(24)27/h1-8,16H,9-11H2. The molecule has 152 valence electrons. The third-order valence-corrected chi connectivity index (χ3v) is 7.23. The molecule has 5 rings (SSSR count). The zero-order chi connectivity index (χ0) is 21.0. The third kappa shape index (κ3) is 2.58. The van der Waals surface area contributed by atoms with E-state index < -0.39 is 34.5 Å². The highest BCUT2D eigenvalue weighted by Gasteiger charge is 2.58. The summed E-state index contributed by atoms with van der Waals surface area (Å²) in [5.41, 5.74) is 1.04. The molecule has 2 atom stereocenters. The number of hydroxylamine groups is 2. The van der Waals surface area contributed by atoms with Crippen molar-refractivity contribution < 1.29 is 28.4 Å². The molecule has 0 saturated carbocycles. The lowest BCUT2D eigenvalue weighted by atomic mass is 10.0. The minimum atomic E-state index is -0.959. The maximum absolute atomic E-state index is 13.4. The highest BCUT2D eigenvalue weighted by Crippen LogP contribution is 2.54. The van der Waals surface area contributed by atoms with Gasteiger partial charge in [-0.1, -0.05) is 29.3 Å². The van der Waals surface area contributed by atoms with Crippen LogP contribution >= 0.6 is 11.8 Å². The number of amides is 3. The number of carbonyl (C=O) groups excluding carboxylic acids is 4. The normalized spacial score (nSPS) is 25.0. The van der Waals surface area contributed by atoms with E-state index in [1.165, 1.54) is 40.9 Å². The highest BCUT2D eigenvalue weighted by atomic mass is 32.2. The molecule has 3 aliphatic heterocycles. The number of rotatable bonds is 3. The minimum absolute atomic E-state index is 0.161. The zero-order valence-corrected chi connectivity index (χ0v) is 16.4. The fourth-order valence-corrected chi connectivity index (χ4v) is 5.86. The number of halogens is 1. The topological polar surface area (TPSA) is 84.0 Å². The molecule has 0 spiro atoms. The molecule has 0 radical (unpaired) electrons. The molecule has 3 aliphatic rings. The number of thioether (sulfide) groups is 1. The molecule has 7 nitrogen and oxygen atoms in total. The van der Waals surface area contributed by atoms with Gasteiger partial charge in [-0.2, -0.15) is 0 Å². The van der Waals surface area contributed by atoms with Crippen molar-refractivity contribution in [3.05, 3.63) is 71.0 Å². The van der Waals surface area contributed by atoms with Gasteiger partial charge < -0.3 is 9.74 Å². The van der Waals surface area contributed by atoms with Crippen molar-refractivity contribution in [2.75, 3.05) is 5.75 Å². The average Bonchev–Trinajstić information content (AvgIpc) is 3.37. The van der Waals surface area contributed by atoms with Crippen LogP contribution in [-0.4, -0.2) is 45.4 Å². The first kappa shape index (κ1) is 18.8. The van der Waals surface area contributed by atoms with Crippen LogP contribution in [0.4, 0.5) is 4.39 Å². The van der Waals surface area contributed by atoms with E-state index in [-0.39, 0.29) is 29.2 Å². The van der Waals surface area contributed by atoms with Gasteiger partial charge in [0.25, 0.3) is 11.8 Å². The summed E-state index contributed by atoms with van der Waals surface area (Å²) < 4.78 is 13.4. The van der Waals surface area contributed by atoms with Gasteiger partial charge in [0.2, 0.25) is 5.91 Å². The Labute approximate surface area is 174 Å². The van der Waals surface area contributed by atoms with E-state index in [4.69, 9.17) is 4.84 Å². The second kappa shape index (κ2) is 6.66. The van der Waals surface area contributed by atoms with E-state index in [9.17, 15) is 23.6 Å². The molecular formula is C21H15FN2O5S. The quantitative estimate of drug-likeness (QED) is 0.702. The molecule has 3 heterocycles. The summed E-state index contributed by atoms with van der Waals surface area (Å²) in [5.74, 6) is -2.66. The lowest BCUT2D eigenvalue weighted by Gasteiger charge is -2.33. The van der Waals surface area contributed by atoms with Crippen molar-refractivity contribution in [3.63, 3.8) is 0 Å². The van der Waals surface area contributed by atoms with Crippen LogP contribution in [0.1, 0.15) is 39.1 Å². The summed E-state index contributed by atoms with van der Waals surface area (Å²) >= 11 is 1.40. The maximum atomic E-state index is 13.4. The molecule has 0 aromatic heterocycles. The van der Waals surface area contributed by atoms with Crippen LogP contribution in [0, 0.1) is 5.82 Å². The fourth-order valence-electron chi connectivity index (χ4n) is 4.23. The van der Waals surface area contributed by atoms with Gasteiger partial charge in [-0.3, -0.25) is 14.4 Å². The summed E-state index contributed by atoms with van der Waals surface area (Å²) in [6, 6.07) is 11.1. The van der Waals surface area contributed by atoms with Gasteiger partial charge in [0.05, 0.1) is 11.1 Å². The van der Waals surface area contributed by atoms with Gasteiger partial charge in [0.1, 0.15) is 16.7 Å². The second-order valence-electron chi connectivity index (χ2n) is 7.24. The molecule has 2 fully saturated rings. The van der Waals surface area contributed by atoms with Crippen LogP contribution in [0.5, 0.6) is 0 Å². The highest BCUT2D eigenvalue weighted by molar-refractivity contribution is 8.00. The van der Waals surface area contributed by atoms with Crippen LogP contribution in [0.25, 0.3) is 0 Å². The van der Waals surface area contributed by atoms with Crippen molar-refractivity contribution in [3.8, 4) is 0 Å². The van der Waals surface area contributed by atoms with Gasteiger partial charge in [-0.05, 0) is 36.2 Å². The van der Waals surface area contributed by atoms with E-state index in [0.717, 1.165) is 5.56 Å². The number of fused-ring (bicyclic) bond motifs is 2. The monoisotopic (exact) mass is 426 g/mol. The Morgan fingerprint density at radius 1 is 1.03 bits per heavy atom. The van der Waals surface area contributed by atoms with Gasteiger partial charge in [-0.15, -0.1) is 11.8 Å². The number of benzene rings is 2. The van der Waals surface area contributed by atoms with E-state index in [0.29, 0.717) is 11.5 Å².